The summed E-state index contributed by atoms with van der Waals surface area (Å²) in [5.41, 5.74) is 1.27. The van der Waals surface area contributed by atoms with Gasteiger partial charge in [0.05, 0.1) is 6.54 Å². The molecule has 1 unspecified atom stereocenters. The highest BCUT2D eigenvalue weighted by atomic mass is 127. The van der Waals surface area contributed by atoms with E-state index in [1.807, 2.05) is 11.6 Å². The minimum absolute atomic E-state index is 0. The highest BCUT2D eigenvalue weighted by Crippen LogP contribution is 2.22. The van der Waals surface area contributed by atoms with E-state index >= 15 is 0 Å². The molecule has 0 amide bonds. The van der Waals surface area contributed by atoms with Crippen molar-refractivity contribution in [1.82, 2.24) is 15.6 Å². The molecule has 1 aliphatic heterocycles. The van der Waals surface area contributed by atoms with Gasteiger partial charge in [-0.3, -0.25) is 4.99 Å². The SMILES string of the molecule is CN=C(NCc1nccs1)NC1CCN(c2ccc(Br)cc2)C1.I. The lowest BCUT2D eigenvalue weighted by Gasteiger charge is -2.20. The molecule has 1 aromatic heterocycles. The maximum absolute atomic E-state index is 4.31. The van der Waals surface area contributed by atoms with Crippen molar-refractivity contribution in [2.45, 2.75) is 19.0 Å². The van der Waals surface area contributed by atoms with Gasteiger partial charge in [0.25, 0.3) is 0 Å². The number of aliphatic imine (C=N–C) groups is 1. The van der Waals surface area contributed by atoms with Crippen molar-refractivity contribution in [2.24, 2.45) is 4.99 Å². The molecule has 1 aromatic carbocycles. The lowest BCUT2D eigenvalue weighted by atomic mass is 10.3. The van der Waals surface area contributed by atoms with Gasteiger partial charge in [0.15, 0.2) is 5.96 Å². The number of thiazole rings is 1. The molecule has 1 fully saturated rings. The summed E-state index contributed by atoms with van der Waals surface area (Å²) in [6.45, 7) is 2.75. The minimum atomic E-state index is 0. The van der Waals surface area contributed by atoms with Crippen molar-refractivity contribution < 1.29 is 0 Å². The third-order valence-corrected chi connectivity index (χ3v) is 5.14. The van der Waals surface area contributed by atoms with Crippen molar-refractivity contribution >= 4 is 62.9 Å². The number of guanidine groups is 1. The summed E-state index contributed by atoms with van der Waals surface area (Å²) < 4.78 is 1.11. The predicted octanol–water partition coefficient (Wildman–Crippen LogP) is 3.47. The van der Waals surface area contributed by atoms with Crippen LogP contribution in [-0.2, 0) is 6.54 Å². The molecule has 0 saturated carbocycles. The van der Waals surface area contributed by atoms with E-state index in [9.17, 15) is 0 Å². The minimum Gasteiger partial charge on any atom is -0.369 e. The highest BCUT2D eigenvalue weighted by Gasteiger charge is 2.23. The Kier molecular flexibility index (Phi) is 7.76. The Labute approximate surface area is 172 Å². The second-order valence-corrected chi connectivity index (χ2v) is 7.30. The first-order chi connectivity index (χ1) is 11.2. The summed E-state index contributed by atoms with van der Waals surface area (Å²) in [7, 11) is 1.80. The molecule has 24 heavy (non-hydrogen) atoms. The zero-order valence-corrected chi connectivity index (χ0v) is 18.1. The Morgan fingerprint density at radius 2 is 2.21 bits per heavy atom. The van der Waals surface area contributed by atoms with Gasteiger partial charge in [-0.2, -0.15) is 0 Å². The summed E-state index contributed by atoms with van der Waals surface area (Å²) in [6.07, 6.45) is 2.93. The van der Waals surface area contributed by atoms with Crippen LogP contribution in [0.4, 0.5) is 5.69 Å². The molecule has 2 aromatic rings. The van der Waals surface area contributed by atoms with Gasteiger partial charge in [-0.15, -0.1) is 35.3 Å². The third kappa shape index (κ3) is 5.32. The molecule has 130 valence electrons. The maximum atomic E-state index is 4.31. The molecule has 0 radical (unpaired) electrons. The first kappa shape index (κ1) is 19.5. The van der Waals surface area contributed by atoms with E-state index in [0.717, 1.165) is 35.0 Å². The van der Waals surface area contributed by atoms with E-state index in [1.54, 1.807) is 18.4 Å². The second-order valence-electron chi connectivity index (χ2n) is 5.40. The third-order valence-electron chi connectivity index (χ3n) is 3.83. The van der Waals surface area contributed by atoms with Gasteiger partial charge in [-0.25, -0.2) is 4.98 Å². The van der Waals surface area contributed by atoms with E-state index in [-0.39, 0.29) is 24.0 Å². The second kappa shape index (κ2) is 9.57. The van der Waals surface area contributed by atoms with Gasteiger partial charge in [0, 0.05) is 47.9 Å². The normalized spacial score (nSPS) is 17.5. The van der Waals surface area contributed by atoms with Gasteiger partial charge in [-0.1, -0.05) is 15.9 Å². The fourth-order valence-electron chi connectivity index (χ4n) is 2.65. The molecule has 0 spiro atoms. The number of aromatic nitrogens is 1. The van der Waals surface area contributed by atoms with Crippen molar-refractivity contribution in [1.29, 1.82) is 0 Å². The zero-order valence-electron chi connectivity index (χ0n) is 13.4. The molecule has 1 atom stereocenters. The zero-order chi connectivity index (χ0) is 16.1. The van der Waals surface area contributed by atoms with E-state index in [4.69, 9.17) is 0 Å². The Morgan fingerprint density at radius 3 is 2.88 bits per heavy atom. The molecule has 2 N–H and O–H groups in total. The molecule has 2 heterocycles. The number of rotatable bonds is 4. The average Bonchev–Trinajstić information content (AvgIpc) is 3.24. The monoisotopic (exact) mass is 521 g/mol. The van der Waals surface area contributed by atoms with Crippen molar-refractivity contribution in [3.05, 3.63) is 45.3 Å². The van der Waals surface area contributed by atoms with Gasteiger partial charge < -0.3 is 15.5 Å². The molecule has 8 heteroatoms. The Hall–Kier alpha value is -0.870. The van der Waals surface area contributed by atoms with Gasteiger partial charge in [-0.05, 0) is 30.7 Å². The number of anilines is 1. The van der Waals surface area contributed by atoms with Crippen LogP contribution in [-0.4, -0.2) is 37.1 Å². The topological polar surface area (TPSA) is 52.6 Å². The fourth-order valence-corrected chi connectivity index (χ4v) is 3.47. The number of hydrogen-bond donors (Lipinski definition) is 2. The highest BCUT2D eigenvalue weighted by molar-refractivity contribution is 14.0. The van der Waals surface area contributed by atoms with Crippen LogP contribution >= 0.6 is 51.2 Å². The molecule has 3 rings (SSSR count). The van der Waals surface area contributed by atoms with Gasteiger partial charge in [0.1, 0.15) is 5.01 Å². The van der Waals surface area contributed by atoms with Crippen molar-refractivity contribution in [2.75, 3.05) is 25.0 Å². The molecule has 1 aliphatic rings. The lowest BCUT2D eigenvalue weighted by molar-refractivity contribution is 0.648. The molecule has 0 aliphatic carbocycles. The molecular formula is C16H21BrIN5S. The van der Waals surface area contributed by atoms with E-state index in [1.165, 1.54) is 5.69 Å². The quantitative estimate of drug-likeness (QED) is 0.367. The van der Waals surface area contributed by atoms with Crippen LogP contribution in [0.3, 0.4) is 0 Å². The number of hydrogen-bond acceptors (Lipinski definition) is 4. The number of halogens is 2. The summed E-state index contributed by atoms with van der Waals surface area (Å²) in [5, 5.41) is 9.88. The number of benzene rings is 1. The first-order valence-corrected chi connectivity index (χ1v) is 9.28. The summed E-state index contributed by atoms with van der Waals surface area (Å²) >= 11 is 5.13. The molecule has 5 nitrogen and oxygen atoms in total. The largest absolute Gasteiger partial charge is 0.369 e. The van der Waals surface area contributed by atoms with Crippen LogP contribution in [0.15, 0.2) is 45.3 Å². The molecule has 0 bridgehead atoms. The van der Waals surface area contributed by atoms with Crippen LogP contribution in [0, 0.1) is 0 Å². The smallest absolute Gasteiger partial charge is 0.191 e. The van der Waals surface area contributed by atoms with E-state index in [0.29, 0.717) is 12.6 Å². The standard InChI is InChI=1S/C16H20BrN5S.HI/c1-18-16(20-10-15-19-7-9-23-15)21-13-6-8-22(11-13)14-4-2-12(17)3-5-14;/h2-5,7,9,13H,6,8,10-11H2,1H3,(H2,18,20,21);1H. The average molecular weight is 522 g/mol. The summed E-state index contributed by atoms with van der Waals surface area (Å²) in [6, 6.07) is 8.89. The van der Waals surface area contributed by atoms with Gasteiger partial charge in [0.2, 0.25) is 0 Å². The Balaban J connectivity index is 0.00000208. The van der Waals surface area contributed by atoms with Crippen molar-refractivity contribution in [3.8, 4) is 0 Å². The predicted molar refractivity (Wildman–Crippen MR) is 116 cm³/mol. The van der Waals surface area contributed by atoms with Crippen molar-refractivity contribution in [3.63, 3.8) is 0 Å². The van der Waals surface area contributed by atoms with Crippen LogP contribution in [0.1, 0.15) is 11.4 Å². The maximum Gasteiger partial charge on any atom is 0.191 e. The molecule has 1 saturated heterocycles. The van der Waals surface area contributed by atoms with Crippen LogP contribution in [0.5, 0.6) is 0 Å². The van der Waals surface area contributed by atoms with Crippen LogP contribution in [0.25, 0.3) is 0 Å². The number of nitrogens with zero attached hydrogens (tertiary/aromatic N) is 3. The summed E-state index contributed by atoms with van der Waals surface area (Å²) in [5.74, 6) is 0.836. The first-order valence-electron chi connectivity index (χ1n) is 7.60. The van der Waals surface area contributed by atoms with Crippen LogP contribution < -0.4 is 15.5 Å². The summed E-state index contributed by atoms with van der Waals surface area (Å²) in [4.78, 5) is 11.0. The van der Waals surface area contributed by atoms with E-state index < -0.39 is 0 Å². The van der Waals surface area contributed by atoms with Crippen LogP contribution in [0.2, 0.25) is 0 Å². The molecular weight excluding hydrogens is 501 g/mol. The Bertz CT molecular complexity index is 647. The lowest BCUT2D eigenvalue weighted by Crippen LogP contribution is -2.44. The van der Waals surface area contributed by atoms with Gasteiger partial charge >= 0.3 is 0 Å². The number of nitrogens with one attached hydrogen (secondary N) is 2. The fraction of sp³-hybridized carbons (Fsp3) is 0.375. The Morgan fingerprint density at radius 1 is 1.42 bits per heavy atom. The van der Waals surface area contributed by atoms with E-state index in [2.05, 4.69) is 65.7 Å².